The van der Waals surface area contributed by atoms with E-state index >= 15 is 0 Å². The third-order valence-electron chi connectivity index (χ3n) is 6.02. The smallest absolute Gasteiger partial charge is 0.327 e. The minimum Gasteiger partial charge on any atom is -0.451 e. The second-order valence-corrected chi connectivity index (χ2v) is 8.10. The van der Waals surface area contributed by atoms with Crippen LogP contribution < -0.4 is 10.6 Å². The first-order valence-corrected chi connectivity index (χ1v) is 10.5. The van der Waals surface area contributed by atoms with Gasteiger partial charge in [0.15, 0.2) is 6.10 Å². The second kappa shape index (κ2) is 9.28. The van der Waals surface area contributed by atoms with Gasteiger partial charge in [0.05, 0.1) is 0 Å². The predicted molar refractivity (Wildman–Crippen MR) is 109 cm³/mol. The maximum atomic E-state index is 12.9. The highest BCUT2D eigenvalue weighted by Gasteiger charge is 2.55. The maximum absolute atomic E-state index is 12.9. The summed E-state index contributed by atoms with van der Waals surface area (Å²) in [5, 5.41) is 5.52. The number of ether oxygens (including phenoxy) is 1. The molecular formula is C22H29N3O5. The van der Waals surface area contributed by atoms with Crippen LogP contribution in [0.1, 0.15) is 45.1 Å². The molecule has 1 aromatic rings. The van der Waals surface area contributed by atoms with E-state index in [0.29, 0.717) is 19.4 Å². The number of amides is 4. The van der Waals surface area contributed by atoms with E-state index in [0.717, 1.165) is 29.7 Å². The standard InChI is InChI=1S/C22H29N3O5/c1-15-8-6-7-12-22(15)20(28)25(21(29)24-22)14-18(26)30-16(2)19(27)23-13-11-17-9-4-3-5-10-17/h3-5,9-10,15-16H,6-8,11-14H2,1-2H3,(H,23,27)(H,24,29). The molecule has 1 aliphatic carbocycles. The molecule has 0 aromatic heterocycles. The number of rotatable bonds is 7. The Morgan fingerprint density at radius 2 is 2.00 bits per heavy atom. The molecule has 3 unspecified atom stereocenters. The zero-order valence-electron chi connectivity index (χ0n) is 17.5. The molecule has 8 nitrogen and oxygen atoms in total. The highest BCUT2D eigenvalue weighted by Crippen LogP contribution is 2.38. The first-order valence-electron chi connectivity index (χ1n) is 10.5. The van der Waals surface area contributed by atoms with Crippen LogP contribution in [0.15, 0.2) is 30.3 Å². The Bertz CT molecular complexity index is 812. The van der Waals surface area contributed by atoms with Crippen LogP contribution in [-0.2, 0) is 25.5 Å². The van der Waals surface area contributed by atoms with Crippen LogP contribution in [0.25, 0.3) is 0 Å². The van der Waals surface area contributed by atoms with Crippen molar-refractivity contribution in [3.63, 3.8) is 0 Å². The fraction of sp³-hybridized carbons (Fsp3) is 0.545. The van der Waals surface area contributed by atoms with E-state index in [1.165, 1.54) is 6.92 Å². The lowest BCUT2D eigenvalue weighted by molar-refractivity contribution is -0.157. The number of urea groups is 1. The number of carbonyl (C=O) groups excluding carboxylic acids is 4. The molecule has 4 amide bonds. The van der Waals surface area contributed by atoms with E-state index < -0.39 is 36.1 Å². The first-order chi connectivity index (χ1) is 14.3. The Morgan fingerprint density at radius 3 is 2.70 bits per heavy atom. The highest BCUT2D eigenvalue weighted by atomic mass is 16.5. The fourth-order valence-electron chi connectivity index (χ4n) is 4.17. The summed E-state index contributed by atoms with van der Waals surface area (Å²) < 4.78 is 5.15. The van der Waals surface area contributed by atoms with Crippen LogP contribution in [0.5, 0.6) is 0 Å². The number of hydrogen-bond acceptors (Lipinski definition) is 5. The second-order valence-electron chi connectivity index (χ2n) is 8.10. The Balaban J connectivity index is 1.48. The average Bonchev–Trinajstić information content (AvgIpc) is 2.96. The molecule has 1 saturated carbocycles. The third kappa shape index (κ3) is 4.63. The molecule has 1 saturated heterocycles. The number of imide groups is 1. The minimum atomic E-state index is -1.02. The largest absolute Gasteiger partial charge is 0.451 e. The summed E-state index contributed by atoms with van der Waals surface area (Å²) in [6.45, 7) is 3.33. The molecule has 0 bridgehead atoms. The zero-order valence-corrected chi connectivity index (χ0v) is 17.5. The van der Waals surface area contributed by atoms with Crippen LogP contribution in [0, 0.1) is 5.92 Å². The Hall–Kier alpha value is -2.90. The lowest BCUT2D eigenvalue weighted by Crippen LogP contribution is -2.54. The molecule has 2 fully saturated rings. The van der Waals surface area contributed by atoms with Crippen molar-refractivity contribution in [1.29, 1.82) is 0 Å². The van der Waals surface area contributed by atoms with Gasteiger partial charge in [0, 0.05) is 6.54 Å². The van der Waals surface area contributed by atoms with Gasteiger partial charge in [-0.25, -0.2) is 4.79 Å². The van der Waals surface area contributed by atoms with Crippen LogP contribution >= 0.6 is 0 Å². The van der Waals surface area contributed by atoms with Crippen molar-refractivity contribution in [3.05, 3.63) is 35.9 Å². The quantitative estimate of drug-likeness (QED) is 0.522. The average molecular weight is 415 g/mol. The molecule has 2 aliphatic rings. The molecule has 8 heteroatoms. The summed E-state index contributed by atoms with van der Waals surface area (Å²) in [6, 6.07) is 9.13. The summed E-state index contributed by atoms with van der Waals surface area (Å²) in [5.41, 5.74) is 0.169. The van der Waals surface area contributed by atoms with Crippen LogP contribution in [0.4, 0.5) is 4.79 Å². The van der Waals surface area contributed by atoms with Gasteiger partial charge in [0.1, 0.15) is 12.1 Å². The fourth-order valence-corrected chi connectivity index (χ4v) is 4.17. The van der Waals surface area contributed by atoms with E-state index in [9.17, 15) is 19.2 Å². The molecule has 3 rings (SSSR count). The van der Waals surface area contributed by atoms with Gasteiger partial charge in [-0.3, -0.25) is 19.3 Å². The number of esters is 1. The van der Waals surface area contributed by atoms with Crippen molar-refractivity contribution in [2.24, 2.45) is 5.92 Å². The van der Waals surface area contributed by atoms with Gasteiger partial charge in [0.25, 0.3) is 11.8 Å². The summed E-state index contributed by atoms with van der Waals surface area (Å²) in [6.07, 6.45) is 2.95. The van der Waals surface area contributed by atoms with Crippen molar-refractivity contribution in [2.45, 2.75) is 57.6 Å². The predicted octanol–water partition coefficient (Wildman–Crippen LogP) is 1.78. The van der Waals surface area contributed by atoms with E-state index in [1.54, 1.807) is 0 Å². The topological polar surface area (TPSA) is 105 Å². The summed E-state index contributed by atoms with van der Waals surface area (Å²) >= 11 is 0. The van der Waals surface area contributed by atoms with Gasteiger partial charge >= 0.3 is 12.0 Å². The molecule has 1 heterocycles. The lowest BCUT2D eigenvalue weighted by atomic mass is 9.73. The summed E-state index contributed by atoms with van der Waals surface area (Å²) in [7, 11) is 0. The Labute approximate surface area is 176 Å². The normalized spacial score (nSPS) is 24.5. The highest BCUT2D eigenvalue weighted by molar-refractivity contribution is 6.09. The van der Waals surface area contributed by atoms with Gasteiger partial charge < -0.3 is 15.4 Å². The van der Waals surface area contributed by atoms with E-state index in [1.807, 2.05) is 37.3 Å². The molecule has 3 atom stereocenters. The van der Waals surface area contributed by atoms with Gasteiger partial charge in [-0.2, -0.15) is 0 Å². The van der Waals surface area contributed by atoms with E-state index in [-0.39, 0.29) is 11.8 Å². The van der Waals surface area contributed by atoms with Gasteiger partial charge in [-0.15, -0.1) is 0 Å². The molecule has 1 spiro atoms. The van der Waals surface area contributed by atoms with Crippen molar-refractivity contribution in [2.75, 3.05) is 13.1 Å². The first kappa shape index (κ1) is 21.8. The van der Waals surface area contributed by atoms with Crippen LogP contribution in [-0.4, -0.2) is 53.4 Å². The molecule has 1 aromatic carbocycles. The minimum absolute atomic E-state index is 0.0121. The molecular weight excluding hydrogens is 386 g/mol. The molecule has 2 N–H and O–H groups in total. The number of carbonyl (C=O) groups is 4. The van der Waals surface area contributed by atoms with Crippen molar-refractivity contribution < 1.29 is 23.9 Å². The third-order valence-corrected chi connectivity index (χ3v) is 6.02. The summed E-state index contributed by atoms with van der Waals surface area (Å²) in [5.74, 6) is -1.58. The molecule has 30 heavy (non-hydrogen) atoms. The van der Waals surface area contributed by atoms with E-state index in [4.69, 9.17) is 4.74 Å². The van der Waals surface area contributed by atoms with Crippen molar-refractivity contribution >= 4 is 23.8 Å². The maximum Gasteiger partial charge on any atom is 0.327 e. The van der Waals surface area contributed by atoms with Crippen molar-refractivity contribution in [3.8, 4) is 0 Å². The Morgan fingerprint density at radius 1 is 1.27 bits per heavy atom. The number of hydrogen-bond donors (Lipinski definition) is 2. The molecule has 162 valence electrons. The van der Waals surface area contributed by atoms with Crippen LogP contribution in [0.2, 0.25) is 0 Å². The number of nitrogens with one attached hydrogen (secondary N) is 2. The monoisotopic (exact) mass is 415 g/mol. The lowest BCUT2D eigenvalue weighted by Gasteiger charge is -2.36. The SMILES string of the molecule is CC(OC(=O)CN1C(=O)NC2(CCCCC2C)C1=O)C(=O)NCCc1ccccc1. The number of nitrogens with zero attached hydrogens (tertiary/aromatic N) is 1. The van der Waals surface area contributed by atoms with Crippen molar-refractivity contribution in [1.82, 2.24) is 15.5 Å². The molecule has 0 radical (unpaired) electrons. The van der Waals surface area contributed by atoms with Crippen LogP contribution in [0.3, 0.4) is 0 Å². The molecule has 1 aliphatic heterocycles. The van der Waals surface area contributed by atoms with Gasteiger partial charge in [0.2, 0.25) is 0 Å². The van der Waals surface area contributed by atoms with Gasteiger partial charge in [-0.05, 0) is 37.7 Å². The summed E-state index contributed by atoms with van der Waals surface area (Å²) in [4.78, 5) is 50.6. The van der Waals surface area contributed by atoms with Gasteiger partial charge in [-0.1, -0.05) is 50.1 Å². The Kier molecular flexibility index (Phi) is 6.74. The number of benzene rings is 1. The zero-order chi connectivity index (χ0) is 21.7. The van der Waals surface area contributed by atoms with E-state index in [2.05, 4.69) is 10.6 Å².